The Labute approximate surface area is 378 Å². The van der Waals surface area contributed by atoms with E-state index in [0.717, 1.165) is 117 Å². The molecule has 9 rings (SSSR count). The van der Waals surface area contributed by atoms with Crippen molar-refractivity contribution in [2.75, 3.05) is 26.4 Å². The van der Waals surface area contributed by atoms with Gasteiger partial charge in [0.25, 0.3) is 26.0 Å². The van der Waals surface area contributed by atoms with Crippen molar-refractivity contribution in [1.82, 2.24) is 42.8 Å². The largest absolute Gasteiger partial charge is 0.478 e. The van der Waals surface area contributed by atoms with Crippen molar-refractivity contribution >= 4 is 54.0 Å². The number of carbonyl (C=O) groups is 2. The van der Waals surface area contributed by atoms with Crippen LogP contribution in [0.25, 0.3) is 22.1 Å². The van der Waals surface area contributed by atoms with Gasteiger partial charge in [-0.05, 0) is 86.8 Å². The average Bonchev–Trinajstić information content (AvgIpc) is 3.67. The molecular weight excluding hydrogens is 875 g/mol. The van der Waals surface area contributed by atoms with Crippen molar-refractivity contribution < 1.29 is 41.0 Å². The van der Waals surface area contributed by atoms with Crippen molar-refractivity contribution in [3.8, 4) is 0 Å². The number of nitrogens with zero attached hydrogens (tertiary/aromatic N) is 8. The number of benzene rings is 2. The van der Waals surface area contributed by atoms with E-state index in [9.17, 15) is 26.4 Å². The lowest BCUT2D eigenvalue weighted by Gasteiger charge is -2.26. The zero-order chi connectivity index (χ0) is 46.5. The van der Waals surface area contributed by atoms with Crippen LogP contribution < -0.4 is 5.32 Å². The second-order valence-electron chi connectivity index (χ2n) is 19.3. The average molecular weight is 932 g/mol. The van der Waals surface area contributed by atoms with E-state index in [1.807, 2.05) is 6.07 Å². The number of carbonyl (C=O) groups excluding carboxylic acids is 1. The molecule has 1 aliphatic carbocycles. The van der Waals surface area contributed by atoms with Gasteiger partial charge in [-0.3, -0.25) is 4.79 Å². The van der Waals surface area contributed by atoms with Crippen LogP contribution in [0.4, 0.5) is 0 Å². The van der Waals surface area contributed by atoms with E-state index in [2.05, 4.69) is 66.2 Å². The van der Waals surface area contributed by atoms with E-state index in [0.29, 0.717) is 27.0 Å². The van der Waals surface area contributed by atoms with Gasteiger partial charge < -0.3 is 29.0 Å². The molecule has 2 aliphatic heterocycles. The Kier molecular flexibility index (Phi) is 12.6. The molecule has 0 radical (unpaired) electrons. The van der Waals surface area contributed by atoms with Gasteiger partial charge in [0.05, 0.1) is 67.8 Å². The van der Waals surface area contributed by atoms with Gasteiger partial charge >= 0.3 is 5.97 Å². The van der Waals surface area contributed by atoms with E-state index >= 15 is 0 Å². The molecule has 2 aromatic carbocycles. The molecule has 1 saturated carbocycles. The summed E-state index contributed by atoms with van der Waals surface area (Å²) in [5, 5.41) is 19.6. The third-order valence-electron chi connectivity index (χ3n) is 12.0. The maximum Gasteiger partial charge on any atom is 0.338 e. The van der Waals surface area contributed by atoms with Crippen LogP contribution in [0.15, 0.2) is 71.0 Å². The van der Waals surface area contributed by atoms with E-state index in [1.54, 1.807) is 18.2 Å². The number of fused-ring (bicyclic) bond motifs is 2. The zero-order valence-corrected chi connectivity index (χ0v) is 39.2. The minimum Gasteiger partial charge on any atom is -0.478 e. The number of aromatic nitrogens is 8. The van der Waals surface area contributed by atoms with E-state index in [4.69, 9.17) is 24.5 Å². The van der Waals surface area contributed by atoms with Crippen LogP contribution in [-0.2, 0) is 53.4 Å². The predicted octanol–water partition coefficient (Wildman–Crippen LogP) is 5.98. The molecule has 3 fully saturated rings. The lowest BCUT2D eigenvalue weighted by atomic mass is 9.94. The van der Waals surface area contributed by atoms with Gasteiger partial charge in [-0.2, -0.15) is 35.2 Å². The summed E-state index contributed by atoms with van der Waals surface area (Å²) in [7, 11) is -8.00. The Hall–Kier alpha value is -5.44. The predicted molar refractivity (Wildman–Crippen MR) is 241 cm³/mol. The Morgan fingerprint density at radius 1 is 0.662 bits per heavy atom. The maximum absolute atomic E-state index is 13.3. The highest BCUT2D eigenvalue weighted by molar-refractivity contribution is 7.90. The van der Waals surface area contributed by atoms with Crippen LogP contribution in [-0.4, -0.2) is 104 Å². The Morgan fingerprint density at radius 3 is 1.46 bits per heavy atom. The second kappa shape index (κ2) is 17.7. The lowest BCUT2D eigenvalue weighted by Crippen LogP contribution is -2.25. The summed E-state index contributed by atoms with van der Waals surface area (Å²) in [6, 6.07) is 10.0. The first-order valence-corrected chi connectivity index (χ1v) is 24.9. The van der Waals surface area contributed by atoms with Gasteiger partial charge in [-0.25, -0.2) is 14.8 Å². The first kappa shape index (κ1) is 46.1. The molecule has 0 bridgehead atoms. The second-order valence-corrected chi connectivity index (χ2v) is 22.9. The van der Waals surface area contributed by atoms with Gasteiger partial charge in [0.2, 0.25) is 0 Å². The van der Waals surface area contributed by atoms with Gasteiger partial charge in [0.1, 0.15) is 11.6 Å². The topological polar surface area (TPSA) is 224 Å². The van der Waals surface area contributed by atoms with Crippen LogP contribution in [0.2, 0.25) is 0 Å². The summed E-state index contributed by atoms with van der Waals surface area (Å²) in [6.07, 6.45) is 10.5. The molecule has 20 heteroatoms. The normalized spacial score (nSPS) is 17.0. The third kappa shape index (κ3) is 9.90. The monoisotopic (exact) mass is 931 g/mol. The Balaban J connectivity index is 0.000000178. The molecule has 6 aromatic rings. The van der Waals surface area contributed by atoms with Gasteiger partial charge in [0, 0.05) is 56.4 Å². The molecule has 1 amide bonds. The fraction of sp³-hybridized carbons (Fsp3) is 0.511. The van der Waals surface area contributed by atoms with Gasteiger partial charge in [0.15, 0.2) is 0 Å². The molecular formula is C45H57N9O9S2. The number of carboxylic acids is 1. The number of hydrogen-bond donors (Lipinski definition) is 2. The quantitative estimate of drug-likeness (QED) is 0.153. The summed E-state index contributed by atoms with van der Waals surface area (Å²) < 4.78 is 69.5. The smallest absolute Gasteiger partial charge is 0.338 e. The molecule has 2 N–H and O–H groups in total. The van der Waals surface area contributed by atoms with Crippen LogP contribution in [0.5, 0.6) is 0 Å². The summed E-state index contributed by atoms with van der Waals surface area (Å²) in [5.41, 5.74) is 2.63. The van der Waals surface area contributed by atoms with Crippen molar-refractivity contribution in [3.05, 3.63) is 84.0 Å². The fourth-order valence-corrected chi connectivity index (χ4v) is 10.5. The molecule has 18 nitrogen and oxygen atoms in total. The first-order chi connectivity index (χ1) is 30.7. The van der Waals surface area contributed by atoms with Crippen molar-refractivity contribution in [1.29, 1.82) is 0 Å². The number of amides is 1. The number of rotatable bonds is 11. The molecule has 6 heterocycles. The standard InChI is InChI=1S/C24H31N5O4S.C21H26N4O5S/c1-24(2,3)23-27-20-12-19(6-7-21(20)28(23)14-16-8-10-33-11-9-16)34(31,32)29-15-17(13-25-29)22(30)26-18-4-5-18;1-21(2,3)20-23-17-10-16(31(28,29)25-13-15(11-22-25)19(26)27)4-5-18(17)24(20)12-14-6-8-30-9-7-14/h6-7,12-13,15-16,18H,4-5,8-11,14H2,1-3H3,(H,26,30);4-5,10-11,13-14H,6-9,12H2,1-3H3,(H,26,27). The summed E-state index contributed by atoms with van der Waals surface area (Å²) in [5.74, 6) is 1.27. The van der Waals surface area contributed by atoms with Crippen molar-refractivity contribution in [2.24, 2.45) is 11.8 Å². The minimum absolute atomic E-state index is 0.0104. The number of nitrogens with one attached hydrogen (secondary N) is 1. The van der Waals surface area contributed by atoms with Crippen LogP contribution >= 0.6 is 0 Å². The van der Waals surface area contributed by atoms with E-state index in [-0.39, 0.29) is 43.7 Å². The number of aromatic carboxylic acids is 1. The minimum atomic E-state index is -4.03. The van der Waals surface area contributed by atoms with Crippen LogP contribution in [0.1, 0.15) is 112 Å². The van der Waals surface area contributed by atoms with E-state index < -0.39 is 26.0 Å². The van der Waals surface area contributed by atoms with Crippen LogP contribution in [0.3, 0.4) is 0 Å². The fourth-order valence-electron chi connectivity index (χ4n) is 8.24. The SMILES string of the molecule is CC(C)(C)c1nc2cc(S(=O)(=O)n3cc(C(=O)NC4CC4)cn3)ccc2n1CC1CCOCC1.CC(C)(C)c1nc2cc(S(=O)(=O)n3cc(C(=O)O)cn3)ccc2n1CC1CCOCC1. The summed E-state index contributed by atoms with van der Waals surface area (Å²) >= 11 is 0. The molecule has 65 heavy (non-hydrogen) atoms. The first-order valence-electron chi connectivity index (χ1n) is 22.0. The summed E-state index contributed by atoms with van der Waals surface area (Å²) in [4.78, 5) is 33.1. The molecule has 2 saturated heterocycles. The highest BCUT2D eigenvalue weighted by atomic mass is 32.2. The van der Waals surface area contributed by atoms with Crippen molar-refractivity contribution in [3.63, 3.8) is 0 Å². The molecule has 0 atom stereocenters. The molecule has 348 valence electrons. The highest BCUT2D eigenvalue weighted by Gasteiger charge is 2.30. The van der Waals surface area contributed by atoms with Crippen molar-refractivity contribution in [2.45, 2.75) is 120 Å². The molecule has 0 unspecified atom stereocenters. The highest BCUT2D eigenvalue weighted by Crippen LogP contribution is 2.33. The van der Waals surface area contributed by atoms with Gasteiger partial charge in [-0.15, -0.1) is 0 Å². The molecule has 4 aromatic heterocycles. The number of carboxylic acid groups (broad SMARTS) is 1. The third-order valence-corrected chi connectivity index (χ3v) is 15.1. The molecule has 0 spiro atoms. The lowest BCUT2D eigenvalue weighted by molar-refractivity contribution is 0.0610. The zero-order valence-electron chi connectivity index (χ0n) is 37.6. The number of imidazole rings is 2. The maximum atomic E-state index is 13.3. The Morgan fingerprint density at radius 2 is 1.08 bits per heavy atom. The summed E-state index contributed by atoms with van der Waals surface area (Å²) in [6.45, 7) is 17.3. The molecule has 3 aliphatic rings. The van der Waals surface area contributed by atoms with Gasteiger partial charge in [-0.1, -0.05) is 41.5 Å². The number of ether oxygens (including phenoxy) is 2. The Bertz CT molecular complexity index is 2960. The van der Waals surface area contributed by atoms with E-state index in [1.165, 1.54) is 24.5 Å². The van der Waals surface area contributed by atoms with Crippen LogP contribution in [0, 0.1) is 11.8 Å². The number of hydrogen-bond acceptors (Lipinski definition) is 12.